The zero-order chi connectivity index (χ0) is 35.8. The van der Waals surface area contributed by atoms with Crippen LogP contribution in [0.5, 0.6) is 0 Å². The predicted octanol–water partition coefficient (Wildman–Crippen LogP) is 15.3. The molecule has 10 aromatic rings. The minimum atomic E-state index is 1.11. The number of hydrogen-bond acceptors (Lipinski definition) is 2. The van der Waals surface area contributed by atoms with E-state index in [0.29, 0.717) is 0 Å². The summed E-state index contributed by atoms with van der Waals surface area (Å²) in [6, 6.07) is 77.1. The van der Waals surface area contributed by atoms with Gasteiger partial charge in [-0.15, -0.1) is 11.3 Å². The Morgan fingerprint density at radius 2 is 0.704 bits per heavy atom. The molecule has 0 atom stereocenters. The van der Waals surface area contributed by atoms with Crippen LogP contribution in [0.15, 0.2) is 212 Å². The summed E-state index contributed by atoms with van der Waals surface area (Å²) < 4.78 is 2.66. The lowest BCUT2D eigenvalue weighted by Crippen LogP contribution is -2.09. The molecule has 0 radical (unpaired) electrons. The van der Waals surface area contributed by atoms with Crippen LogP contribution in [0.1, 0.15) is 0 Å². The maximum absolute atomic E-state index is 2.36. The third-order valence-electron chi connectivity index (χ3n) is 10.5. The Balaban J connectivity index is 1.02. The molecule has 0 spiro atoms. The Morgan fingerprint density at radius 1 is 0.259 bits per heavy atom. The smallest absolute Gasteiger partial charge is 0.0468 e. The molecule has 9 aromatic carbocycles. The number of hydrogen-bond donors (Lipinski definition) is 0. The van der Waals surface area contributed by atoms with Crippen LogP contribution in [0.2, 0.25) is 0 Å². The highest BCUT2D eigenvalue weighted by Crippen LogP contribution is 2.40. The fraction of sp³-hybridized carbons (Fsp3) is 0. The lowest BCUT2D eigenvalue weighted by atomic mass is 9.98. The van der Waals surface area contributed by atoms with Gasteiger partial charge in [-0.3, -0.25) is 0 Å². The number of fused-ring (bicyclic) bond motifs is 4. The van der Waals surface area contributed by atoms with E-state index in [0.717, 1.165) is 17.1 Å². The fourth-order valence-electron chi connectivity index (χ4n) is 7.65. The minimum absolute atomic E-state index is 1.11. The van der Waals surface area contributed by atoms with E-state index in [1.165, 1.54) is 75.5 Å². The van der Waals surface area contributed by atoms with Gasteiger partial charge in [-0.25, -0.2) is 0 Å². The topological polar surface area (TPSA) is 3.24 Å². The van der Waals surface area contributed by atoms with Gasteiger partial charge in [0.1, 0.15) is 0 Å². The molecule has 0 aliphatic carbocycles. The Bertz CT molecular complexity index is 2910. The molecule has 0 N–H and O–H groups in total. The van der Waals surface area contributed by atoms with Gasteiger partial charge >= 0.3 is 0 Å². The Kier molecular flexibility index (Phi) is 8.09. The first-order valence-electron chi connectivity index (χ1n) is 18.4. The Hall–Kier alpha value is -6.74. The van der Waals surface area contributed by atoms with Gasteiger partial charge in [-0.2, -0.15) is 0 Å². The third kappa shape index (κ3) is 6.03. The van der Waals surface area contributed by atoms with Crippen molar-refractivity contribution in [1.82, 2.24) is 0 Å². The molecule has 10 rings (SSSR count). The van der Waals surface area contributed by atoms with Gasteiger partial charge in [0.25, 0.3) is 0 Å². The SMILES string of the molecule is c1ccc(-c2ccc(N(c3ccc(-c4cccc(-c5ccccc5)c4)cc3)c3ccc4cc(-c5ccc6sc7ccccc7c6c5)ccc4c3)cc2)cc1. The van der Waals surface area contributed by atoms with E-state index in [-0.39, 0.29) is 0 Å². The van der Waals surface area contributed by atoms with Crippen LogP contribution < -0.4 is 4.90 Å². The number of anilines is 3. The van der Waals surface area contributed by atoms with E-state index < -0.39 is 0 Å². The molecule has 0 amide bonds. The first-order valence-corrected chi connectivity index (χ1v) is 19.2. The average Bonchev–Trinajstić information content (AvgIpc) is 3.63. The molecule has 0 aliphatic heterocycles. The molecule has 0 saturated carbocycles. The van der Waals surface area contributed by atoms with Crippen molar-refractivity contribution in [3.8, 4) is 44.5 Å². The molecule has 54 heavy (non-hydrogen) atoms. The second-order valence-electron chi connectivity index (χ2n) is 13.8. The maximum atomic E-state index is 2.36. The molecule has 0 bridgehead atoms. The molecule has 0 unspecified atom stereocenters. The van der Waals surface area contributed by atoms with Crippen LogP contribution >= 0.6 is 11.3 Å². The van der Waals surface area contributed by atoms with E-state index in [1.54, 1.807) is 0 Å². The monoisotopic (exact) mass is 705 g/mol. The molecule has 1 heterocycles. The van der Waals surface area contributed by atoms with Crippen molar-refractivity contribution in [2.45, 2.75) is 0 Å². The van der Waals surface area contributed by atoms with Crippen LogP contribution in [-0.2, 0) is 0 Å². The van der Waals surface area contributed by atoms with E-state index in [9.17, 15) is 0 Å². The summed E-state index contributed by atoms with van der Waals surface area (Å²) >= 11 is 1.86. The summed E-state index contributed by atoms with van der Waals surface area (Å²) in [5.74, 6) is 0. The normalized spacial score (nSPS) is 11.3. The van der Waals surface area contributed by atoms with E-state index in [1.807, 2.05) is 11.3 Å². The second-order valence-corrected chi connectivity index (χ2v) is 14.9. The second kappa shape index (κ2) is 13.7. The van der Waals surface area contributed by atoms with Crippen molar-refractivity contribution >= 4 is 59.3 Å². The zero-order valence-electron chi connectivity index (χ0n) is 29.6. The highest BCUT2D eigenvalue weighted by molar-refractivity contribution is 7.25. The molecule has 0 aliphatic rings. The fourth-order valence-corrected chi connectivity index (χ4v) is 8.74. The van der Waals surface area contributed by atoms with Gasteiger partial charge in [0.2, 0.25) is 0 Å². The van der Waals surface area contributed by atoms with Crippen molar-refractivity contribution in [2.75, 3.05) is 4.90 Å². The van der Waals surface area contributed by atoms with Gasteiger partial charge in [0, 0.05) is 37.2 Å². The number of nitrogens with zero attached hydrogens (tertiary/aromatic N) is 1. The lowest BCUT2D eigenvalue weighted by molar-refractivity contribution is 1.29. The van der Waals surface area contributed by atoms with E-state index >= 15 is 0 Å². The lowest BCUT2D eigenvalue weighted by Gasteiger charge is -2.26. The zero-order valence-corrected chi connectivity index (χ0v) is 30.4. The Morgan fingerprint density at radius 3 is 1.41 bits per heavy atom. The molecular formula is C52H35NS. The quantitative estimate of drug-likeness (QED) is 0.160. The highest BCUT2D eigenvalue weighted by atomic mass is 32.1. The molecule has 1 nitrogen and oxygen atoms in total. The van der Waals surface area contributed by atoms with Gasteiger partial charge in [0.15, 0.2) is 0 Å². The van der Waals surface area contributed by atoms with Crippen molar-refractivity contribution in [3.05, 3.63) is 212 Å². The summed E-state index contributed by atoms with van der Waals surface area (Å²) in [6.07, 6.45) is 0. The van der Waals surface area contributed by atoms with Gasteiger partial charge < -0.3 is 4.90 Å². The summed E-state index contributed by atoms with van der Waals surface area (Å²) in [5, 5.41) is 5.08. The first-order chi connectivity index (χ1) is 26.7. The van der Waals surface area contributed by atoms with Crippen molar-refractivity contribution in [1.29, 1.82) is 0 Å². The first kappa shape index (κ1) is 32.0. The minimum Gasteiger partial charge on any atom is -0.310 e. The largest absolute Gasteiger partial charge is 0.310 e. The molecule has 0 fully saturated rings. The summed E-state index contributed by atoms with van der Waals surface area (Å²) in [4.78, 5) is 2.36. The molecular weight excluding hydrogens is 671 g/mol. The van der Waals surface area contributed by atoms with Crippen molar-refractivity contribution < 1.29 is 0 Å². The summed E-state index contributed by atoms with van der Waals surface area (Å²) in [7, 11) is 0. The van der Waals surface area contributed by atoms with Crippen molar-refractivity contribution in [3.63, 3.8) is 0 Å². The summed E-state index contributed by atoms with van der Waals surface area (Å²) in [5.41, 5.74) is 13.1. The average molecular weight is 706 g/mol. The summed E-state index contributed by atoms with van der Waals surface area (Å²) in [6.45, 7) is 0. The maximum Gasteiger partial charge on any atom is 0.0468 e. The van der Waals surface area contributed by atoms with Crippen LogP contribution in [-0.4, -0.2) is 0 Å². The Labute approximate surface area is 319 Å². The molecule has 0 saturated heterocycles. The predicted molar refractivity (Wildman–Crippen MR) is 233 cm³/mol. The van der Waals surface area contributed by atoms with Crippen molar-refractivity contribution in [2.24, 2.45) is 0 Å². The van der Waals surface area contributed by atoms with Gasteiger partial charge in [-0.1, -0.05) is 146 Å². The van der Waals surface area contributed by atoms with Crippen LogP contribution in [0.25, 0.3) is 75.5 Å². The van der Waals surface area contributed by atoms with Crippen LogP contribution in [0.3, 0.4) is 0 Å². The van der Waals surface area contributed by atoms with Crippen LogP contribution in [0.4, 0.5) is 17.1 Å². The standard InChI is InChI=1S/C52H35NS/c1-3-10-36(11-4-1)38-20-26-46(27-21-38)53(47-28-22-39(23-29-47)41-15-9-14-40(32-41)37-12-5-2-6-13-37)48-30-24-43-33-42(18-19-44(43)34-48)45-25-31-52-50(35-45)49-16-7-8-17-51(49)54-52/h1-35H. The van der Waals surface area contributed by atoms with Gasteiger partial charge in [0.05, 0.1) is 0 Å². The third-order valence-corrected chi connectivity index (χ3v) is 11.6. The van der Waals surface area contributed by atoms with Crippen LogP contribution in [0, 0.1) is 0 Å². The van der Waals surface area contributed by atoms with E-state index in [4.69, 9.17) is 0 Å². The number of benzene rings is 9. The number of thiophene rings is 1. The van der Waals surface area contributed by atoms with Gasteiger partial charge in [-0.05, 0) is 122 Å². The number of rotatable bonds is 7. The molecule has 2 heteroatoms. The molecule has 254 valence electrons. The van der Waals surface area contributed by atoms with E-state index in [2.05, 4.69) is 217 Å². The highest BCUT2D eigenvalue weighted by Gasteiger charge is 2.15. The molecule has 1 aromatic heterocycles.